The number of anilines is 2. The topological polar surface area (TPSA) is 75.9 Å². The molecule has 2 rings (SSSR count). The highest BCUT2D eigenvalue weighted by Gasteiger charge is 2.16. The van der Waals surface area contributed by atoms with E-state index in [1.807, 2.05) is 0 Å². The summed E-state index contributed by atoms with van der Waals surface area (Å²) in [6.45, 7) is 6.31. The first kappa shape index (κ1) is 13.8. The van der Waals surface area contributed by atoms with E-state index in [9.17, 15) is 0 Å². The van der Waals surface area contributed by atoms with Crippen LogP contribution < -0.4 is 16.6 Å². The summed E-state index contributed by atoms with van der Waals surface area (Å²) in [6, 6.07) is 2.31. The first-order valence-electron chi connectivity index (χ1n) is 6.23. The van der Waals surface area contributed by atoms with Gasteiger partial charge in [0.25, 0.3) is 0 Å². The molecule has 4 N–H and O–H groups in total. The van der Waals surface area contributed by atoms with Crippen molar-refractivity contribution < 1.29 is 0 Å². The molecule has 2 heterocycles. The molecular formula is C13H19N5S. The summed E-state index contributed by atoms with van der Waals surface area (Å²) in [5.74, 6) is 7.30. The maximum absolute atomic E-state index is 5.52. The molecule has 1 atom stereocenters. The van der Waals surface area contributed by atoms with Gasteiger partial charge in [-0.1, -0.05) is 13.8 Å². The summed E-state index contributed by atoms with van der Waals surface area (Å²) in [5.41, 5.74) is 4.89. The summed E-state index contributed by atoms with van der Waals surface area (Å²) >= 11 is 1.69. The second kappa shape index (κ2) is 5.99. The van der Waals surface area contributed by atoms with Gasteiger partial charge in [-0.2, -0.15) is 11.3 Å². The van der Waals surface area contributed by atoms with Gasteiger partial charge in [0.05, 0.1) is 6.04 Å². The molecule has 0 radical (unpaired) electrons. The van der Waals surface area contributed by atoms with Crippen molar-refractivity contribution in [2.45, 2.75) is 32.7 Å². The van der Waals surface area contributed by atoms with Gasteiger partial charge < -0.3 is 10.7 Å². The van der Waals surface area contributed by atoms with E-state index in [-0.39, 0.29) is 12.0 Å². The molecule has 0 spiro atoms. The van der Waals surface area contributed by atoms with E-state index in [1.54, 1.807) is 11.3 Å². The van der Waals surface area contributed by atoms with Crippen LogP contribution in [-0.4, -0.2) is 9.97 Å². The molecule has 0 fully saturated rings. The zero-order valence-corrected chi connectivity index (χ0v) is 12.2. The molecule has 102 valence electrons. The SMILES string of the molecule is CC(C)c1c(NN)ncnc1NC(C)c1ccsc1. The van der Waals surface area contributed by atoms with Crippen LogP contribution in [0.25, 0.3) is 0 Å². The summed E-state index contributed by atoms with van der Waals surface area (Å²) in [7, 11) is 0. The summed E-state index contributed by atoms with van der Waals surface area (Å²) in [5, 5.41) is 7.64. The highest BCUT2D eigenvalue weighted by Crippen LogP contribution is 2.30. The second-order valence-electron chi connectivity index (χ2n) is 4.71. The van der Waals surface area contributed by atoms with E-state index in [0.29, 0.717) is 5.82 Å². The van der Waals surface area contributed by atoms with Gasteiger partial charge in [0.15, 0.2) is 0 Å². The molecule has 2 aromatic rings. The number of hydrogen-bond donors (Lipinski definition) is 3. The third-order valence-electron chi connectivity index (χ3n) is 2.99. The zero-order chi connectivity index (χ0) is 13.8. The molecule has 0 aliphatic heterocycles. The Balaban J connectivity index is 2.29. The quantitative estimate of drug-likeness (QED) is 0.578. The van der Waals surface area contributed by atoms with E-state index >= 15 is 0 Å². The fourth-order valence-corrected chi connectivity index (χ4v) is 2.74. The van der Waals surface area contributed by atoms with Crippen LogP contribution in [0.5, 0.6) is 0 Å². The second-order valence-corrected chi connectivity index (χ2v) is 5.49. The van der Waals surface area contributed by atoms with Crippen LogP contribution in [0.3, 0.4) is 0 Å². The van der Waals surface area contributed by atoms with Crippen LogP contribution in [0.2, 0.25) is 0 Å². The Morgan fingerprint density at radius 3 is 2.53 bits per heavy atom. The van der Waals surface area contributed by atoms with Crippen molar-refractivity contribution in [1.29, 1.82) is 0 Å². The number of nitrogens with one attached hydrogen (secondary N) is 2. The molecule has 6 heteroatoms. The molecule has 0 aromatic carbocycles. The third-order valence-corrected chi connectivity index (χ3v) is 3.70. The number of nitrogen functional groups attached to an aromatic ring is 1. The molecule has 1 unspecified atom stereocenters. The van der Waals surface area contributed by atoms with Crippen LogP contribution in [0.4, 0.5) is 11.6 Å². The minimum Gasteiger partial charge on any atom is -0.363 e. The van der Waals surface area contributed by atoms with Gasteiger partial charge in [0, 0.05) is 5.56 Å². The van der Waals surface area contributed by atoms with Crippen molar-refractivity contribution in [1.82, 2.24) is 9.97 Å². The number of rotatable bonds is 5. The van der Waals surface area contributed by atoms with E-state index in [4.69, 9.17) is 5.84 Å². The Kier molecular flexibility index (Phi) is 4.34. The van der Waals surface area contributed by atoms with Gasteiger partial charge in [-0.05, 0) is 35.2 Å². The lowest BCUT2D eigenvalue weighted by atomic mass is 10.0. The average Bonchev–Trinajstić information content (AvgIpc) is 2.92. The van der Waals surface area contributed by atoms with Crippen LogP contribution in [0, 0.1) is 0 Å². The molecule has 0 saturated carbocycles. The molecule has 19 heavy (non-hydrogen) atoms. The number of hydrogen-bond acceptors (Lipinski definition) is 6. The van der Waals surface area contributed by atoms with E-state index < -0.39 is 0 Å². The minimum absolute atomic E-state index is 0.198. The highest BCUT2D eigenvalue weighted by atomic mass is 32.1. The number of thiophene rings is 1. The molecule has 0 amide bonds. The Morgan fingerprint density at radius 1 is 1.21 bits per heavy atom. The highest BCUT2D eigenvalue weighted by molar-refractivity contribution is 7.07. The predicted molar refractivity (Wildman–Crippen MR) is 80.3 cm³/mol. The van der Waals surface area contributed by atoms with Crippen molar-refractivity contribution in [3.8, 4) is 0 Å². The van der Waals surface area contributed by atoms with E-state index in [1.165, 1.54) is 11.9 Å². The minimum atomic E-state index is 0.198. The molecule has 0 saturated heterocycles. The van der Waals surface area contributed by atoms with Crippen molar-refractivity contribution in [2.24, 2.45) is 5.84 Å². The molecular weight excluding hydrogens is 258 g/mol. The fourth-order valence-electron chi connectivity index (χ4n) is 1.98. The van der Waals surface area contributed by atoms with E-state index in [2.05, 4.69) is 58.3 Å². The van der Waals surface area contributed by atoms with Gasteiger partial charge in [-0.3, -0.25) is 0 Å². The number of aromatic nitrogens is 2. The Hall–Kier alpha value is -1.66. The molecule has 2 aromatic heterocycles. The maximum Gasteiger partial charge on any atom is 0.148 e. The number of nitrogens with two attached hydrogens (primary N) is 1. The van der Waals surface area contributed by atoms with Gasteiger partial charge in [0.1, 0.15) is 18.0 Å². The Bertz CT molecular complexity index is 524. The van der Waals surface area contributed by atoms with Gasteiger partial charge in [0.2, 0.25) is 0 Å². The van der Waals surface area contributed by atoms with E-state index in [0.717, 1.165) is 11.4 Å². The normalized spacial score (nSPS) is 12.5. The fraction of sp³-hybridized carbons (Fsp3) is 0.385. The van der Waals surface area contributed by atoms with Crippen molar-refractivity contribution >= 4 is 23.0 Å². The van der Waals surface area contributed by atoms with Crippen molar-refractivity contribution in [3.63, 3.8) is 0 Å². The largest absolute Gasteiger partial charge is 0.363 e. The van der Waals surface area contributed by atoms with Crippen LogP contribution >= 0.6 is 11.3 Å². The summed E-state index contributed by atoms with van der Waals surface area (Å²) < 4.78 is 0. The Morgan fingerprint density at radius 2 is 1.95 bits per heavy atom. The van der Waals surface area contributed by atoms with Crippen LogP contribution in [0.15, 0.2) is 23.2 Å². The Labute approximate surface area is 117 Å². The first-order valence-corrected chi connectivity index (χ1v) is 7.18. The van der Waals surface area contributed by atoms with Crippen LogP contribution in [0.1, 0.15) is 43.9 Å². The van der Waals surface area contributed by atoms with Gasteiger partial charge in [-0.25, -0.2) is 15.8 Å². The lowest BCUT2D eigenvalue weighted by Crippen LogP contribution is -2.16. The number of hydrazine groups is 1. The predicted octanol–water partition coefficient (Wildman–Crippen LogP) is 3.12. The van der Waals surface area contributed by atoms with Crippen molar-refractivity contribution in [3.05, 3.63) is 34.3 Å². The molecule has 0 bridgehead atoms. The van der Waals surface area contributed by atoms with Crippen molar-refractivity contribution in [2.75, 3.05) is 10.7 Å². The number of nitrogens with zero attached hydrogens (tertiary/aromatic N) is 2. The first-order chi connectivity index (χ1) is 9.13. The lowest BCUT2D eigenvalue weighted by Gasteiger charge is -2.19. The van der Waals surface area contributed by atoms with Crippen LogP contribution in [-0.2, 0) is 0 Å². The van der Waals surface area contributed by atoms with Gasteiger partial charge in [-0.15, -0.1) is 0 Å². The zero-order valence-electron chi connectivity index (χ0n) is 11.3. The monoisotopic (exact) mass is 277 g/mol. The van der Waals surface area contributed by atoms with Gasteiger partial charge >= 0.3 is 0 Å². The molecule has 0 aliphatic carbocycles. The summed E-state index contributed by atoms with van der Waals surface area (Å²) in [4.78, 5) is 8.51. The third kappa shape index (κ3) is 3.02. The maximum atomic E-state index is 5.52. The standard InChI is InChI=1S/C13H19N5S/c1-8(2)11-12(15-7-16-13(11)18-14)17-9(3)10-4-5-19-6-10/h4-9H,14H2,1-3H3,(H2,15,16,17,18). The summed E-state index contributed by atoms with van der Waals surface area (Å²) in [6.07, 6.45) is 1.52. The lowest BCUT2D eigenvalue weighted by molar-refractivity contribution is 0.821. The molecule has 5 nitrogen and oxygen atoms in total. The smallest absolute Gasteiger partial charge is 0.148 e. The molecule has 0 aliphatic rings. The average molecular weight is 277 g/mol.